The van der Waals surface area contributed by atoms with Crippen molar-refractivity contribution in [2.45, 2.75) is 12.5 Å². The third kappa shape index (κ3) is 3.53. The number of aliphatic hydroxyl groups is 1. The topological polar surface area (TPSA) is 35.5 Å². The minimum Gasteiger partial charge on any atom is -0.386 e. The van der Waals surface area contributed by atoms with Gasteiger partial charge < -0.3 is 10.4 Å². The van der Waals surface area contributed by atoms with E-state index in [0.29, 0.717) is 0 Å². The molecule has 0 aromatic carbocycles. The lowest BCUT2D eigenvalue weighted by Gasteiger charge is -2.22. The van der Waals surface area contributed by atoms with Gasteiger partial charge in [0.1, 0.15) is 6.10 Å². The molecule has 90 valence electrons. The highest BCUT2D eigenvalue weighted by atomic mass is 79.9. The molecule has 1 unspecified atom stereocenters. The zero-order valence-electron chi connectivity index (χ0n) is 9.16. The van der Waals surface area contributed by atoms with Gasteiger partial charge in [-0.25, -0.2) is 0 Å². The molecule has 0 radical (unpaired) electrons. The van der Waals surface area contributed by atoms with Gasteiger partial charge in [-0.3, -0.25) is 4.90 Å². The summed E-state index contributed by atoms with van der Waals surface area (Å²) in [4.78, 5) is 3.38. The summed E-state index contributed by atoms with van der Waals surface area (Å²) in [6.07, 6.45) is 0.815. The minimum atomic E-state index is -0.352. The number of rotatable bonds is 3. The maximum Gasteiger partial charge on any atom is 0.101 e. The first-order valence-corrected chi connectivity index (χ1v) is 7.28. The van der Waals surface area contributed by atoms with Gasteiger partial charge in [-0.2, -0.15) is 0 Å². The van der Waals surface area contributed by atoms with E-state index in [2.05, 4.69) is 26.1 Å². The summed E-state index contributed by atoms with van der Waals surface area (Å²) < 4.78 is 1.06. The Kier molecular flexibility index (Phi) is 4.79. The van der Waals surface area contributed by atoms with Crippen molar-refractivity contribution in [3.05, 3.63) is 20.8 Å². The number of hydrogen-bond acceptors (Lipinski definition) is 4. The average Bonchev–Trinajstić information content (AvgIpc) is 2.54. The van der Waals surface area contributed by atoms with Gasteiger partial charge in [0.05, 0.1) is 0 Å². The van der Waals surface area contributed by atoms with Crippen LogP contribution in [-0.2, 0) is 0 Å². The maximum absolute atomic E-state index is 10.1. The molecule has 3 nitrogen and oxygen atoms in total. The van der Waals surface area contributed by atoms with Crippen molar-refractivity contribution in [2.24, 2.45) is 0 Å². The van der Waals surface area contributed by atoms with Gasteiger partial charge in [-0.05, 0) is 41.5 Å². The van der Waals surface area contributed by atoms with Crippen molar-refractivity contribution in [2.75, 3.05) is 32.7 Å². The van der Waals surface area contributed by atoms with Gasteiger partial charge in [-0.1, -0.05) is 0 Å². The zero-order chi connectivity index (χ0) is 11.4. The first-order valence-electron chi connectivity index (χ1n) is 5.61. The average molecular weight is 305 g/mol. The van der Waals surface area contributed by atoms with Gasteiger partial charge in [-0.15, -0.1) is 11.3 Å². The van der Waals surface area contributed by atoms with E-state index in [4.69, 9.17) is 0 Å². The fourth-order valence-electron chi connectivity index (χ4n) is 1.92. The number of thiophene rings is 1. The van der Waals surface area contributed by atoms with E-state index in [9.17, 15) is 5.11 Å². The van der Waals surface area contributed by atoms with Crippen molar-refractivity contribution in [1.82, 2.24) is 10.2 Å². The van der Waals surface area contributed by atoms with E-state index in [1.54, 1.807) is 11.3 Å². The largest absolute Gasteiger partial charge is 0.386 e. The van der Waals surface area contributed by atoms with Crippen molar-refractivity contribution in [3.8, 4) is 0 Å². The summed E-state index contributed by atoms with van der Waals surface area (Å²) in [6.45, 7) is 4.98. The van der Waals surface area contributed by atoms with E-state index in [1.165, 1.54) is 6.42 Å². The monoisotopic (exact) mass is 304 g/mol. The van der Waals surface area contributed by atoms with Crippen LogP contribution in [0.2, 0.25) is 0 Å². The second-order valence-corrected chi connectivity index (χ2v) is 5.95. The fourth-order valence-corrected chi connectivity index (χ4v) is 3.34. The van der Waals surface area contributed by atoms with Crippen LogP contribution in [0.3, 0.4) is 0 Å². The molecule has 1 aliphatic heterocycles. The van der Waals surface area contributed by atoms with Gasteiger partial charge in [0, 0.05) is 34.4 Å². The lowest BCUT2D eigenvalue weighted by atomic mass is 10.2. The standard InChI is InChI=1S/C11H17BrN2OS/c12-9-6-11(16-8-9)10(15)7-14-4-1-2-13-3-5-14/h6,8,10,13,15H,1-5,7H2. The van der Waals surface area contributed by atoms with Crippen molar-refractivity contribution in [3.63, 3.8) is 0 Å². The molecule has 1 fully saturated rings. The molecule has 0 amide bonds. The maximum atomic E-state index is 10.1. The number of halogens is 1. The number of aliphatic hydroxyl groups excluding tert-OH is 1. The molecule has 2 heterocycles. The van der Waals surface area contributed by atoms with Gasteiger partial charge in [0.2, 0.25) is 0 Å². The second-order valence-electron chi connectivity index (χ2n) is 4.09. The molecule has 0 bridgehead atoms. The molecule has 1 saturated heterocycles. The molecule has 0 aliphatic carbocycles. The predicted octanol–water partition coefficient (Wildman–Crippen LogP) is 1.84. The highest BCUT2D eigenvalue weighted by Crippen LogP contribution is 2.26. The van der Waals surface area contributed by atoms with Crippen molar-refractivity contribution in [1.29, 1.82) is 0 Å². The van der Waals surface area contributed by atoms with Crippen molar-refractivity contribution >= 4 is 27.3 Å². The summed E-state index contributed by atoms with van der Waals surface area (Å²) in [7, 11) is 0. The van der Waals surface area contributed by atoms with E-state index >= 15 is 0 Å². The highest BCUT2D eigenvalue weighted by molar-refractivity contribution is 9.10. The van der Waals surface area contributed by atoms with Crippen LogP contribution in [0.4, 0.5) is 0 Å². The lowest BCUT2D eigenvalue weighted by Crippen LogP contribution is -2.31. The molecule has 2 N–H and O–H groups in total. The van der Waals surface area contributed by atoms with Gasteiger partial charge >= 0.3 is 0 Å². The molecule has 2 rings (SSSR count). The van der Waals surface area contributed by atoms with Crippen LogP contribution in [-0.4, -0.2) is 42.7 Å². The van der Waals surface area contributed by atoms with E-state index in [0.717, 1.165) is 42.1 Å². The third-order valence-corrected chi connectivity index (χ3v) is 4.57. The highest BCUT2D eigenvalue weighted by Gasteiger charge is 2.16. The van der Waals surface area contributed by atoms with Crippen LogP contribution in [0.5, 0.6) is 0 Å². The van der Waals surface area contributed by atoms with Crippen LogP contribution in [0.1, 0.15) is 17.4 Å². The third-order valence-electron chi connectivity index (χ3n) is 2.78. The summed E-state index contributed by atoms with van der Waals surface area (Å²) in [5.41, 5.74) is 0. The van der Waals surface area contributed by atoms with Crippen molar-refractivity contribution < 1.29 is 5.11 Å². The number of nitrogens with zero attached hydrogens (tertiary/aromatic N) is 1. The van der Waals surface area contributed by atoms with Crippen LogP contribution >= 0.6 is 27.3 Å². The number of β-amino-alcohol motifs (C(OH)–C–C–N with tert-alkyl or cyclic N) is 1. The predicted molar refractivity (Wildman–Crippen MR) is 70.9 cm³/mol. The zero-order valence-corrected chi connectivity index (χ0v) is 11.6. The smallest absolute Gasteiger partial charge is 0.101 e. The van der Waals surface area contributed by atoms with Crippen LogP contribution in [0, 0.1) is 0 Å². The number of nitrogens with one attached hydrogen (secondary N) is 1. The lowest BCUT2D eigenvalue weighted by molar-refractivity contribution is 0.119. The first kappa shape index (κ1) is 12.5. The Labute approximate surface area is 109 Å². The van der Waals surface area contributed by atoms with Crippen LogP contribution < -0.4 is 5.32 Å². The summed E-state index contributed by atoms with van der Waals surface area (Å²) in [6, 6.07) is 2.01. The first-order chi connectivity index (χ1) is 7.75. The van der Waals surface area contributed by atoms with E-state index in [1.807, 2.05) is 11.4 Å². The molecule has 0 spiro atoms. The Bertz CT molecular complexity index is 324. The second kappa shape index (κ2) is 6.12. The molecular weight excluding hydrogens is 288 g/mol. The molecule has 16 heavy (non-hydrogen) atoms. The van der Waals surface area contributed by atoms with Crippen LogP contribution in [0.15, 0.2) is 15.9 Å². The van der Waals surface area contributed by atoms with E-state index < -0.39 is 0 Å². The Morgan fingerprint density at radius 2 is 2.38 bits per heavy atom. The Morgan fingerprint density at radius 1 is 1.50 bits per heavy atom. The fraction of sp³-hybridized carbons (Fsp3) is 0.636. The summed E-state index contributed by atoms with van der Waals surface area (Å²) in [5.74, 6) is 0. The minimum absolute atomic E-state index is 0.352. The van der Waals surface area contributed by atoms with Gasteiger partial charge in [0.15, 0.2) is 0 Å². The molecule has 1 aliphatic rings. The Hall–Kier alpha value is 0.0600. The van der Waals surface area contributed by atoms with Gasteiger partial charge in [0.25, 0.3) is 0 Å². The molecule has 1 aromatic heterocycles. The quantitative estimate of drug-likeness (QED) is 0.894. The number of hydrogen-bond donors (Lipinski definition) is 2. The SMILES string of the molecule is OC(CN1CCCNCC1)c1cc(Br)cs1. The summed E-state index contributed by atoms with van der Waals surface area (Å²) in [5, 5.41) is 15.5. The van der Waals surface area contributed by atoms with Crippen LogP contribution in [0.25, 0.3) is 0 Å². The Balaban J connectivity index is 1.88. The molecular formula is C11H17BrN2OS. The summed E-state index contributed by atoms with van der Waals surface area (Å²) >= 11 is 5.03. The molecule has 1 atom stereocenters. The molecule has 5 heteroatoms. The van der Waals surface area contributed by atoms with E-state index in [-0.39, 0.29) is 6.10 Å². The normalized spacial score (nSPS) is 20.6. The molecule has 0 saturated carbocycles. The Morgan fingerprint density at radius 3 is 3.12 bits per heavy atom. The molecule has 1 aromatic rings.